The van der Waals surface area contributed by atoms with E-state index in [2.05, 4.69) is 17.1 Å². The molecule has 4 heteroatoms. The summed E-state index contributed by atoms with van der Waals surface area (Å²) in [6.07, 6.45) is 3.87. The number of likely N-dealkylation sites (tertiary alicyclic amines) is 1. The normalized spacial score (nSPS) is 27.4. The van der Waals surface area contributed by atoms with Gasteiger partial charge in [-0.2, -0.15) is 0 Å². The maximum absolute atomic E-state index is 11.2. The zero-order chi connectivity index (χ0) is 13.4. The first-order chi connectivity index (χ1) is 9.13. The molecular weight excluding hydrogens is 238 g/mol. The summed E-state index contributed by atoms with van der Waals surface area (Å²) in [4.78, 5) is 13.8. The lowest BCUT2D eigenvalue weighted by Gasteiger charge is -2.20. The Morgan fingerprint density at radius 2 is 2.21 bits per heavy atom. The molecule has 0 radical (unpaired) electrons. The summed E-state index contributed by atoms with van der Waals surface area (Å²) in [6.45, 7) is 3.41. The van der Waals surface area contributed by atoms with E-state index < -0.39 is 0 Å². The summed E-state index contributed by atoms with van der Waals surface area (Å²) < 4.78 is 0. The number of carbonyl (C=O) groups is 1. The van der Waals surface area contributed by atoms with Gasteiger partial charge >= 0.3 is 0 Å². The lowest BCUT2D eigenvalue weighted by atomic mass is 10.1. The molecular formula is C15H21N3O. The third-order valence-corrected chi connectivity index (χ3v) is 4.16. The molecule has 2 fully saturated rings. The van der Waals surface area contributed by atoms with E-state index in [0.717, 1.165) is 24.7 Å². The van der Waals surface area contributed by atoms with Gasteiger partial charge in [0, 0.05) is 35.9 Å². The highest BCUT2D eigenvalue weighted by Crippen LogP contribution is 2.34. The van der Waals surface area contributed by atoms with Gasteiger partial charge in [-0.1, -0.05) is 6.07 Å². The molecule has 0 spiro atoms. The van der Waals surface area contributed by atoms with Gasteiger partial charge in [0.15, 0.2) is 0 Å². The van der Waals surface area contributed by atoms with Gasteiger partial charge in [-0.15, -0.1) is 0 Å². The predicted molar refractivity (Wildman–Crippen MR) is 76.2 cm³/mol. The zero-order valence-corrected chi connectivity index (χ0v) is 11.3. The van der Waals surface area contributed by atoms with E-state index >= 15 is 0 Å². The predicted octanol–water partition coefficient (Wildman–Crippen LogP) is 1.82. The molecule has 2 unspecified atom stereocenters. The molecule has 102 valence electrons. The minimum Gasteiger partial charge on any atom is -0.381 e. The lowest BCUT2D eigenvalue weighted by molar-refractivity contribution is 0.100. The van der Waals surface area contributed by atoms with Crippen LogP contribution in [0.15, 0.2) is 24.3 Å². The quantitative estimate of drug-likeness (QED) is 0.867. The van der Waals surface area contributed by atoms with Crippen molar-refractivity contribution in [3.8, 4) is 0 Å². The van der Waals surface area contributed by atoms with Gasteiger partial charge in [-0.05, 0) is 44.4 Å². The van der Waals surface area contributed by atoms with Crippen LogP contribution in [0.4, 0.5) is 5.69 Å². The maximum Gasteiger partial charge on any atom is 0.248 e. The Kier molecular flexibility index (Phi) is 3.19. The smallest absolute Gasteiger partial charge is 0.248 e. The van der Waals surface area contributed by atoms with Crippen molar-refractivity contribution in [3.63, 3.8) is 0 Å². The fourth-order valence-electron chi connectivity index (χ4n) is 3.07. The number of anilines is 1. The molecule has 0 bridgehead atoms. The molecule has 2 atom stereocenters. The summed E-state index contributed by atoms with van der Waals surface area (Å²) in [5.41, 5.74) is 6.86. The van der Waals surface area contributed by atoms with Crippen LogP contribution >= 0.6 is 0 Å². The van der Waals surface area contributed by atoms with Gasteiger partial charge in [0.25, 0.3) is 0 Å². The van der Waals surface area contributed by atoms with Gasteiger partial charge in [-0.3, -0.25) is 9.69 Å². The SMILES string of the molecule is CC1CC(Nc2cccc(C(N)=O)c2)CN1C1CC1. The van der Waals surface area contributed by atoms with E-state index in [9.17, 15) is 4.79 Å². The number of carbonyl (C=O) groups excluding carboxylic acids is 1. The number of amides is 1. The molecule has 4 nitrogen and oxygen atoms in total. The molecule has 1 saturated carbocycles. The van der Waals surface area contributed by atoms with Gasteiger partial charge < -0.3 is 11.1 Å². The Labute approximate surface area is 114 Å². The Morgan fingerprint density at radius 3 is 2.89 bits per heavy atom. The Hall–Kier alpha value is -1.55. The van der Waals surface area contributed by atoms with Gasteiger partial charge in [0.05, 0.1) is 0 Å². The monoisotopic (exact) mass is 259 g/mol. The number of hydrogen-bond donors (Lipinski definition) is 2. The van der Waals surface area contributed by atoms with Crippen molar-refractivity contribution in [3.05, 3.63) is 29.8 Å². The minimum absolute atomic E-state index is 0.372. The van der Waals surface area contributed by atoms with Crippen LogP contribution in [0.1, 0.15) is 36.5 Å². The van der Waals surface area contributed by atoms with Crippen molar-refractivity contribution in [2.24, 2.45) is 5.73 Å². The first-order valence-corrected chi connectivity index (χ1v) is 7.05. The second-order valence-electron chi connectivity index (χ2n) is 5.80. The number of nitrogens with zero attached hydrogens (tertiary/aromatic N) is 1. The van der Waals surface area contributed by atoms with Crippen molar-refractivity contribution in [1.29, 1.82) is 0 Å². The van der Waals surface area contributed by atoms with Crippen molar-refractivity contribution in [1.82, 2.24) is 4.90 Å². The first kappa shape index (κ1) is 12.5. The first-order valence-electron chi connectivity index (χ1n) is 7.05. The second-order valence-corrected chi connectivity index (χ2v) is 5.80. The topological polar surface area (TPSA) is 58.4 Å². The average molecular weight is 259 g/mol. The summed E-state index contributed by atoms with van der Waals surface area (Å²) in [6, 6.07) is 9.41. The van der Waals surface area contributed by atoms with Gasteiger partial charge in [0.2, 0.25) is 5.91 Å². The third-order valence-electron chi connectivity index (χ3n) is 4.16. The average Bonchev–Trinajstić information content (AvgIpc) is 3.15. The lowest BCUT2D eigenvalue weighted by Crippen LogP contribution is -2.31. The van der Waals surface area contributed by atoms with Crippen LogP contribution in [-0.2, 0) is 0 Å². The fraction of sp³-hybridized carbons (Fsp3) is 0.533. The van der Waals surface area contributed by atoms with E-state index in [-0.39, 0.29) is 5.91 Å². The van der Waals surface area contributed by atoms with Gasteiger partial charge in [-0.25, -0.2) is 0 Å². The molecule has 1 saturated heterocycles. The third kappa shape index (κ3) is 2.73. The molecule has 1 heterocycles. The van der Waals surface area contributed by atoms with E-state index in [1.807, 2.05) is 18.2 Å². The van der Waals surface area contributed by atoms with Crippen LogP contribution in [0.25, 0.3) is 0 Å². The number of rotatable bonds is 4. The molecule has 2 aliphatic rings. The molecule has 3 N–H and O–H groups in total. The van der Waals surface area contributed by atoms with Crippen LogP contribution in [0.2, 0.25) is 0 Å². The Bertz CT molecular complexity index is 484. The van der Waals surface area contributed by atoms with Crippen LogP contribution in [0, 0.1) is 0 Å². The van der Waals surface area contributed by atoms with Crippen LogP contribution in [-0.4, -0.2) is 35.5 Å². The van der Waals surface area contributed by atoms with E-state index in [4.69, 9.17) is 5.73 Å². The van der Waals surface area contributed by atoms with Crippen LogP contribution in [0.3, 0.4) is 0 Å². The number of nitrogens with one attached hydrogen (secondary N) is 1. The minimum atomic E-state index is -0.372. The molecule has 1 aromatic rings. The van der Waals surface area contributed by atoms with Crippen molar-refractivity contribution in [2.45, 2.75) is 44.3 Å². The van der Waals surface area contributed by atoms with Crippen LogP contribution < -0.4 is 11.1 Å². The highest BCUT2D eigenvalue weighted by molar-refractivity contribution is 5.93. The number of primary amides is 1. The summed E-state index contributed by atoms with van der Waals surface area (Å²) in [5, 5.41) is 3.53. The second kappa shape index (κ2) is 4.85. The summed E-state index contributed by atoms with van der Waals surface area (Å²) in [5.74, 6) is -0.372. The van der Waals surface area contributed by atoms with Crippen molar-refractivity contribution < 1.29 is 4.79 Å². The molecule has 1 aliphatic heterocycles. The highest BCUT2D eigenvalue weighted by atomic mass is 16.1. The summed E-state index contributed by atoms with van der Waals surface area (Å²) in [7, 11) is 0. The maximum atomic E-state index is 11.2. The van der Waals surface area contributed by atoms with E-state index in [0.29, 0.717) is 17.6 Å². The standard InChI is InChI=1S/C15H21N3O/c1-10-7-13(9-18(10)14-5-6-14)17-12-4-2-3-11(8-12)15(16)19/h2-4,8,10,13-14,17H,5-7,9H2,1H3,(H2,16,19). The number of benzene rings is 1. The Balaban J connectivity index is 1.65. The molecule has 0 aromatic heterocycles. The Morgan fingerprint density at radius 1 is 1.42 bits per heavy atom. The highest BCUT2D eigenvalue weighted by Gasteiger charge is 2.38. The van der Waals surface area contributed by atoms with E-state index in [1.54, 1.807) is 6.07 Å². The van der Waals surface area contributed by atoms with E-state index in [1.165, 1.54) is 12.8 Å². The summed E-state index contributed by atoms with van der Waals surface area (Å²) >= 11 is 0. The number of hydrogen-bond acceptors (Lipinski definition) is 3. The van der Waals surface area contributed by atoms with Crippen molar-refractivity contribution >= 4 is 11.6 Å². The molecule has 19 heavy (non-hydrogen) atoms. The zero-order valence-electron chi connectivity index (χ0n) is 11.3. The molecule has 1 aromatic carbocycles. The van der Waals surface area contributed by atoms with Gasteiger partial charge in [0.1, 0.15) is 0 Å². The fourth-order valence-corrected chi connectivity index (χ4v) is 3.07. The van der Waals surface area contributed by atoms with Crippen LogP contribution in [0.5, 0.6) is 0 Å². The van der Waals surface area contributed by atoms with Crippen molar-refractivity contribution in [2.75, 3.05) is 11.9 Å². The largest absolute Gasteiger partial charge is 0.381 e. The number of nitrogens with two attached hydrogens (primary N) is 1. The molecule has 1 aliphatic carbocycles. The molecule has 3 rings (SSSR count). The molecule has 1 amide bonds.